The molecule has 0 aliphatic carbocycles. The second kappa shape index (κ2) is 7.98. The summed E-state index contributed by atoms with van der Waals surface area (Å²) in [5.41, 5.74) is 1.26. The highest BCUT2D eigenvalue weighted by Gasteiger charge is 2.36. The number of nitrogens with zero attached hydrogens (tertiary/aromatic N) is 3. The molecule has 156 valence electrons. The largest absolute Gasteiger partial charge is 0.573 e. The highest BCUT2D eigenvalue weighted by molar-refractivity contribution is 6.31. The van der Waals surface area contributed by atoms with Crippen LogP contribution in [0.4, 0.5) is 13.2 Å². The Hall–Kier alpha value is -3.07. The average molecular weight is 438 g/mol. The van der Waals surface area contributed by atoms with Crippen LogP contribution in [0.2, 0.25) is 5.02 Å². The Labute approximate surface area is 174 Å². The van der Waals surface area contributed by atoms with Gasteiger partial charge in [-0.05, 0) is 42.3 Å². The number of aromatic nitrogens is 2. The minimum absolute atomic E-state index is 0.0478. The Bertz CT molecular complexity index is 1050. The fraction of sp³-hybridized carbons (Fsp3) is 0.250. The fourth-order valence-corrected chi connectivity index (χ4v) is 3.49. The van der Waals surface area contributed by atoms with Gasteiger partial charge in [0.25, 0.3) is 0 Å². The first kappa shape index (κ1) is 20.2. The van der Waals surface area contributed by atoms with E-state index in [4.69, 9.17) is 16.1 Å². The van der Waals surface area contributed by atoms with Crippen molar-refractivity contribution in [3.8, 4) is 17.1 Å². The molecule has 0 spiro atoms. The summed E-state index contributed by atoms with van der Waals surface area (Å²) in [6.45, 7) is 0.310. The van der Waals surface area contributed by atoms with Crippen LogP contribution < -0.4 is 4.74 Å². The van der Waals surface area contributed by atoms with E-state index in [9.17, 15) is 18.0 Å². The quantitative estimate of drug-likeness (QED) is 0.552. The Balaban J connectivity index is 1.52. The van der Waals surface area contributed by atoms with Crippen molar-refractivity contribution >= 4 is 17.5 Å². The minimum Gasteiger partial charge on any atom is -0.406 e. The summed E-state index contributed by atoms with van der Waals surface area (Å²) in [6, 6.07) is 12.0. The van der Waals surface area contributed by atoms with Crippen molar-refractivity contribution in [2.24, 2.45) is 0 Å². The fourth-order valence-electron chi connectivity index (χ4n) is 3.29. The van der Waals surface area contributed by atoms with Crippen LogP contribution in [0, 0.1) is 0 Å². The summed E-state index contributed by atoms with van der Waals surface area (Å²) in [4.78, 5) is 18.4. The van der Waals surface area contributed by atoms with E-state index in [-0.39, 0.29) is 23.4 Å². The topological polar surface area (TPSA) is 68.5 Å². The summed E-state index contributed by atoms with van der Waals surface area (Å²) < 4.78 is 46.1. The molecule has 4 rings (SSSR count). The molecule has 6 nitrogen and oxygen atoms in total. The number of ether oxygens (including phenoxy) is 1. The maximum Gasteiger partial charge on any atom is 0.573 e. The van der Waals surface area contributed by atoms with Crippen LogP contribution in [-0.2, 0) is 11.3 Å². The van der Waals surface area contributed by atoms with Crippen LogP contribution in [0.3, 0.4) is 0 Å². The first-order valence-corrected chi connectivity index (χ1v) is 9.40. The van der Waals surface area contributed by atoms with Crippen LogP contribution in [0.5, 0.6) is 5.75 Å². The van der Waals surface area contributed by atoms with E-state index >= 15 is 0 Å². The number of carbonyl (C=O) groups is 1. The lowest BCUT2D eigenvalue weighted by Crippen LogP contribution is -2.27. The maximum absolute atomic E-state index is 12.4. The van der Waals surface area contributed by atoms with Gasteiger partial charge in [0.1, 0.15) is 11.8 Å². The van der Waals surface area contributed by atoms with Gasteiger partial charge >= 0.3 is 6.36 Å². The van der Waals surface area contributed by atoms with Gasteiger partial charge in [-0.15, -0.1) is 13.2 Å². The van der Waals surface area contributed by atoms with E-state index in [0.29, 0.717) is 30.0 Å². The van der Waals surface area contributed by atoms with Crippen LogP contribution in [0.1, 0.15) is 30.3 Å². The van der Waals surface area contributed by atoms with Crippen LogP contribution >= 0.6 is 11.6 Å². The van der Waals surface area contributed by atoms with E-state index in [1.165, 1.54) is 24.3 Å². The molecule has 3 aromatic rings. The molecule has 1 atom stereocenters. The van der Waals surface area contributed by atoms with Gasteiger partial charge in [0.05, 0.1) is 0 Å². The molecule has 1 fully saturated rings. The van der Waals surface area contributed by atoms with Crippen molar-refractivity contribution < 1.29 is 27.2 Å². The zero-order valence-electron chi connectivity index (χ0n) is 15.4. The van der Waals surface area contributed by atoms with Crippen molar-refractivity contribution in [2.75, 3.05) is 0 Å². The standard InChI is InChI=1S/C20H15ClF3N3O3/c21-15-4-2-1-3-13(15)11-27-16(9-10-17(27)28)19-25-18(26-30-19)12-5-7-14(8-6-12)29-20(22,23)24/h1-8,16H,9-11H2. The van der Waals surface area contributed by atoms with Crippen molar-refractivity contribution in [1.29, 1.82) is 0 Å². The van der Waals surface area contributed by atoms with Crippen LogP contribution in [0.15, 0.2) is 53.1 Å². The van der Waals surface area contributed by atoms with Crippen molar-refractivity contribution in [3.05, 3.63) is 65.0 Å². The summed E-state index contributed by atoms with van der Waals surface area (Å²) >= 11 is 6.21. The Kier molecular flexibility index (Phi) is 5.38. The second-order valence-electron chi connectivity index (χ2n) is 6.70. The first-order chi connectivity index (χ1) is 14.3. The second-order valence-corrected chi connectivity index (χ2v) is 7.10. The lowest BCUT2D eigenvalue weighted by molar-refractivity contribution is -0.274. The van der Waals surface area contributed by atoms with E-state index in [0.717, 1.165) is 5.56 Å². The Morgan fingerprint density at radius 2 is 1.90 bits per heavy atom. The minimum atomic E-state index is -4.76. The van der Waals surface area contributed by atoms with Gasteiger partial charge in [-0.2, -0.15) is 4.98 Å². The van der Waals surface area contributed by atoms with Crippen molar-refractivity contribution in [3.63, 3.8) is 0 Å². The molecule has 0 saturated carbocycles. The zero-order chi connectivity index (χ0) is 21.3. The number of alkyl halides is 3. The Morgan fingerprint density at radius 3 is 2.60 bits per heavy atom. The van der Waals surface area contributed by atoms with E-state index in [1.54, 1.807) is 11.0 Å². The molecule has 2 aromatic carbocycles. The van der Waals surface area contributed by atoms with Gasteiger partial charge in [0, 0.05) is 23.6 Å². The molecule has 1 aromatic heterocycles. The maximum atomic E-state index is 12.4. The Morgan fingerprint density at radius 1 is 1.17 bits per heavy atom. The van der Waals surface area contributed by atoms with E-state index in [1.807, 2.05) is 18.2 Å². The number of carbonyl (C=O) groups excluding carboxylic acids is 1. The molecule has 1 unspecified atom stereocenters. The lowest BCUT2D eigenvalue weighted by Gasteiger charge is -2.22. The monoisotopic (exact) mass is 437 g/mol. The third-order valence-corrected chi connectivity index (χ3v) is 5.07. The normalized spacial score (nSPS) is 16.9. The number of likely N-dealkylation sites (tertiary alicyclic amines) is 1. The molecule has 1 amide bonds. The van der Waals surface area contributed by atoms with Crippen molar-refractivity contribution in [2.45, 2.75) is 31.8 Å². The predicted octanol–water partition coefficient (Wildman–Crippen LogP) is 5.15. The molecule has 2 heterocycles. The number of hydrogen-bond donors (Lipinski definition) is 0. The number of hydrogen-bond acceptors (Lipinski definition) is 5. The number of halogens is 4. The molecular weight excluding hydrogens is 423 g/mol. The summed E-state index contributed by atoms with van der Waals surface area (Å²) in [5, 5.41) is 4.46. The zero-order valence-corrected chi connectivity index (χ0v) is 16.2. The molecule has 1 saturated heterocycles. The molecule has 0 bridgehead atoms. The third-order valence-electron chi connectivity index (χ3n) is 4.70. The molecule has 1 aliphatic heterocycles. The number of amides is 1. The van der Waals surface area contributed by atoms with Gasteiger partial charge in [-0.3, -0.25) is 4.79 Å². The van der Waals surface area contributed by atoms with Crippen molar-refractivity contribution in [1.82, 2.24) is 15.0 Å². The molecular formula is C20H15ClF3N3O3. The molecule has 0 N–H and O–H groups in total. The predicted molar refractivity (Wildman–Crippen MR) is 100 cm³/mol. The molecule has 1 aliphatic rings. The van der Waals surface area contributed by atoms with Gasteiger partial charge in [-0.1, -0.05) is 35.0 Å². The average Bonchev–Trinajstić information content (AvgIpc) is 3.30. The molecule has 0 radical (unpaired) electrons. The number of rotatable bonds is 5. The van der Waals surface area contributed by atoms with Crippen LogP contribution in [-0.4, -0.2) is 27.3 Å². The SMILES string of the molecule is O=C1CCC(c2nc(-c3ccc(OC(F)(F)F)cc3)no2)N1Cc1ccccc1Cl. The van der Waals surface area contributed by atoms with E-state index in [2.05, 4.69) is 14.9 Å². The molecule has 10 heteroatoms. The lowest BCUT2D eigenvalue weighted by atomic mass is 10.1. The first-order valence-electron chi connectivity index (χ1n) is 9.03. The third kappa shape index (κ3) is 4.40. The van der Waals surface area contributed by atoms with Gasteiger partial charge in [-0.25, -0.2) is 0 Å². The van der Waals surface area contributed by atoms with Gasteiger partial charge < -0.3 is 14.2 Å². The van der Waals surface area contributed by atoms with E-state index < -0.39 is 12.4 Å². The molecule has 30 heavy (non-hydrogen) atoms. The summed E-state index contributed by atoms with van der Waals surface area (Å²) in [5.74, 6) is 0.0784. The number of benzene rings is 2. The highest BCUT2D eigenvalue weighted by atomic mass is 35.5. The summed E-state index contributed by atoms with van der Waals surface area (Å²) in [7, 11) is 0. The van der Waals surface area contributed by atoms with Crippen LogP contribution in [0.25, 0.3) is 11.4 Å². The van der Waals surface area contributed by atoms with Gasteiger partial charge in [0.15, 0.2) is 0 Å². The smallest absolute Gasteiger partial charge is 0.406 e. The van der Waals surface area contributed by atoms with Gasteiger partial charge in [0.2, 0.25) is 17.6 Å². The highest BCUT2D eigenvalue weighted by Crippen LogP contribution is 2.35. The summed E-state index contributed by atoms with van der Waals surface area (Å²) in [6.07, 6.45) is -3.90.